The van der Waals surface area contributed by atoms with Gasteiger partial charge >= 0.3 is 12.0 Å². The molecule has 0 bridgehead atoms. The molecule has 1 aliphatic carbocycles. The predicted molar refractivity (Wildman–Crippen MR) is 77.8 cm³/mol. The molecule has 2 atom stereocenters. The van der Waals surface area contributed by atoms with Crippen molar-refractivity contribution in [3.05, 3.63) is 12.0 Å². The highest BCUT2D eigenvalue weighted by Crippen LogP contribution is 2.40. The first-order chi connectivity index (χ1) is 10.3. The molecule has 0 aliphatic heterocycles. The number of nitrogens with zero attached hydrogens (tertiary/aromatic N) is 4. The van der Waals surface area contributed by atoms with E-state index in [1.54, 1.807) is 25.9 Å². The molecule has 0 radical (unpaired) electrons. The largest absolute Gasteiger partial charge is 0.481 e. The SMILES string of the molecule is CN(C)C=Nc1nc(OC2CCCC2(C)C(=O)O)ncc1F. The molecule has 2 unspecified atom stereocenters. The van der Waals surface area contributed by atoms with Crippen LogP contribution < -0.4 is 4.74 Å². The molecule has 1 fully saturated rings. The maximum atomic E-state index is 13.6. The Balaban J connectivity index is 2.20. The van der Waals surface area contributed by atoms with Crippen molar-refractivity contribution in [2.24, 2.45) is 10.4 Å². The van der Waals surface area contributed by atoms with Crippen LogP contribution in [0.15, 0.2) is 11.2 Å². The summed E-state index contributed by atoms with van der Waals surface area (Å²) < 4.78 is 19.2. The molecule has 0 saturated heterocycles. The van der Waals surface area contributed by atoms with Gasteiger partial charge in [0.2, 0.25) is 0 Å². The van der Waals surface area contributed by atoms with E-state index in [1.165, 1.54) is 6.34 Å². The lowest BCUT2D eigenvalue weighted by atomic mass is 9.87. The minimum absolute atomic E-state index is 0.0633. The molecule has 1 N–H and O–H groups in total. The average molecular weight is 310 g/mol. The number of aromatic nitrogens is 2. The zero-order chi connectivity index (χ0) is 16.3. The summed E-state index contributed by atoms with van der Waals surface area (Å²) in [5, 5.41) is 9.36. The second-order valence-electron chi connectivity index (χ2n) is 5.75. The summed E-state index contributed by atoms with van der Waals surface area (Å²) in [6, 6.07) is -0.0633. The van der Waals surface area contributed by atoms with E-state index in [9.17, 15) is 14.3 Å². The molecular weight excluding hydrogens is 291 g/mol. The lowest BCUT2D eigenvalue weighted by Gasteiger charge is -2.26. The molecule has 120 valence electrons. The fourth-order valence-electron chi connectivity index (χ4n) is 2.36. The molecule has 1 saturated carbocycles. The normalized spacial score (nSPS) is 24.6. The second-order valence-corrected chi connectivity index (χ2v) is 5.75. The number of hydrogen-bond donors (Lipinski definition) is 1. The van der Waals surface area contributed by atoms with Crippen LogP contribution in [0.3, 0.4) is 0 Å². The van der Waals surface area contributed by atoms with Gasteiger partial charge in [-0.1, -0.05) is 0 Å². The molecule has 22 heavy (non-hydrogen) atoms. The van der Waals surface area contributed by atoms with Crippen molar-refractivity contribution in [3.8, 4) is 6.01 Å². The first-order valence-corrected chi connectivity index (χ1v) is 6.96. The topological polar surface area (TPSA) is 87.9 Å². The summed E-state index contributed by atoms with van der Waals surface area (Å²) in [4.78, 5) is 24.6. The number of hydrogen-bond acceptors (Lipinski definition) is 5. The Kier molecular flexibility index (Phi) is 4.58. The van der Waals surface area contributed by atoms with Crippen molar-refractivity contribution >= 4 is 18.1 Å². The third kappa shape index (κ3) is 3.32. The van der Waals surface area contributed by atoms with Gasteiger partial charge < -0.3 is 14.7 Å². The maximum Gasteiger partial charge on any atom is 0.318 e. The summed E-state index contributed by atoms with van der Waals surface area (Å²) in [6.45, 7) is 1.64. The van der Waals surface area contributed by atoms with Crippen molar-refractivity contribution in [1.29, 1.82) is 0 Å². The summed E-state index contributed by atoms with van der Waals surface area (Å²) >= 11 is 0. The second kappa shape index (κ2) is 6.25. The Morgan fingerprint density at radius 3 is 3.00 bits per heavy atom. The highest BCUT2D eigenvalue weighted by atomic mass is 19.1. The van der Waals surface area contributed by atoms with Gasteiger partial charge in [-0.25, -0.2) is 14.4 Å². The van der Waals surface area contributed by atoms with Crippen LogP contribution in [0.25, 0.3) is 0 Å². The van der Waals surface area contributed by atoms with Gasteiger partial charge in [0, 0.05) is 14.1 Å². The predicted octanol–water partition coefficient (Wildman–Crippen LogP) is 1.86. The molecule has 1 heterocycles. The van der Waals surface area contributed by atoms with Crippen LogP contribution in [-0.4, -0.2) is 52.5 Å². The molecule has 1 aromatic heterocycles. The Hall–Kier alpha value is -2.25. The number of aliphatic imine (C=N–C) groups is 1. The third-order valence-corrected chi connectivity index (χ3v) is 3.72. The lowest BCUT2D eigenvalue weighted by Crippen LogP contribution is -2.39. The highest BCUT2D eigenvalue weighted by Gasteiger charge is 2.47. The van der Waals surface area contributed by atoms with Gasteiger partial charge in [0.25, 0.3) is 0 Å². The van der Waals surface area contributed by atoms with Crippen LogP contribution in [0, 0.1) is 11.2 Å². The molecule has 0 amide bonds. The van der Waals surface area contributed by atoms with Crippen LogP contribution in [0.5, 0.6) is 6.01 Å². The quantitative estimate of drug-likeness (QED) is 0.659. The van der Waals surface area contributed by atoms with E-state index in [1.807, 2.05) is 0 Å². The number of rotatable bonds is 5. The summed E-state index contributed by atoms with van der Waals surface area (Å²) in [7, 11) is 3.49. The van der Waals surface area contributed by atoms with E-state index < -0.39 is 23.3 Å². The fraction of sp³-hybridized carbons (Fsp3) is 0.571. The number of ether oxygens (including phenoxy) is 1. The monoisotopic (exact) mass is 310 g/mol. The van der Waals surface area contributed by atoms with Crippen molar-refractivity contribution in [2.45, 2.75) is 32.3 Å². The van der Waals surface area contributed by atoms with Gasteiger partial charge in [0.15, 0.2) is 11.6 Å². The number of carbonyl (C=O) groups is 1. The molecule has 0 aromatic carbocycles. The number of carboxylic acids is 1. The minimum atomic E-state index is -0.981. The van der Waals surface area contributed by atoms with E-state index in [-0.39, 0.29) is 11.8 Å². The van der Waals surface area contributed by atoms with Crippen molar-refractivity contribution in [3.63, 3.8) is 0 Å². The van der Waals surface area contributed by atoms with Crippen LogP contribution in [0.2, 0.25) is 0 Å². The van der Waals surface area contributed by atoms with E-state index in [4.69, 9.17) is 4.74 Å². The summed E-state index contributed by atoms with van der Waals surface area (Å²) in [5.74, 6) is -1.73. The van der Waals surface area contributed by atoms with E-state index in [0.29, 0.717) is 12.8 Å². The molecule has 2 rings (SSSR count). The van der Waals surface area contributed by atoms with E-state index in [0.717, 1.165) is 12.6 Å². The van der Waals surface area contributed by atoms with Gasteiger partial charge in [-0.3, -0.25) is 4.79 Å². The zero-order valence-electron chi connectivity index (χ0n) is 12.8. The Labute approximate surface area is 127 Å². The van der Waals surface area contributed by atoms with Crippen LogP contribution >= 0.6 is 0 Å². The Morgan fingerprint density at radius 2 is 2.36 bits per heavy atom. The van der Waals surface area contributed by atoms with Crippen LogP contribution in [-0.2, 0) is 4.79 Å². The molecule has 1 aliphatic rings. The minimum Gasteiger partial charge on any atom is -0.481 e. The maximum absolute atomic E-state index is 13.6. The fourth-order valence-corrected chi connectivity index (χ4v) is 2.36. The lowest BCUT2D eigenvalue weighted by molar-refractivity contribution is -0.152. The summed E-state index contributed by atoms with van der Waals surface area (Å²) in [5.41, 5.74) is -0.981. The summed E-state index contributed by atoms with van der Waals surface area (Å²) in [6.07, 6.45) is 3.71. The number of halogens is 1. The van der Waals surface area contributed by atoms with Gasteiger partial charge in [-0.05, 0) is 26.2 Å². The van der Waals surface area contributed by atoms with E-state index >= 15 is 0 Å². The number of carboxylic acid groups (broad SMARTS) is 1. The number of aliphatic carboxylic acids is 1. The van der Waals surface area contributed by atoms with Crippen molar-refractivity contribution < 1.29 is 19.0 Å². The molecule has 1 aromatic rings. The Morgan fingerprint density at radius 1 is 1.64 bits per heavy atom. The van der Waals surface area contributed by atoms with Gasteiger partial charge in [-0.15, -0.1) is 0 Å². The van der Waals surface area contributed by atoms with Gasteiger partial charge in [0.05, 0.1) is 12.5 Å². The highest BCUT2D eigenvalue weighted by molar-refractivity contribution is 5.75. The zero-order valence-corrected chi connectivity index (χ0v) is 12.8. The van der Waals surface area contributed by atoms with Crippen molar-refractivity contribution in [1.82, 2.24) is 14.9 Å². The van der Waals surface area contributed by atoms with Gasteiger partial charge in [-0.2, -0.15) is 4.98 Å². The standard InChI is InChI=1S/C14H19FN4O3/c1-14(12(20)21)6-4-5-10(14)22-13-16-7-9(15)11(18-13)17-8-19(2)3/h7-8,10H,4-6H2,1-3H3,(H,20,21). The molecule has 0 spiro atoms. The Bertz CT molecular complexity index is 593. The average Bonchev–Trinajstić information content (AvgIpc) is 2.82. The molecular formula is C14H19FN4O3. The van der Waals surface area contributed by atoms with Gasteiger partial charge in [0.1, 0.15) is 11.5 Å². The smallest absolute Gasteiger partial charge is 0.318 e. The van der Waals surface area contributed by atoms with Crippen LogP contribution in [0.4, 0.5) is 10.2 Å². The van der Waals surface area contributed by atoms with E-state index in [2.05, 4.69) is 15.0 Å². The first kappa shape index (κ1) is 16.1. The van der Waals surface area contributed by atoms with Crippen molar-refractivity contribution in [2.75, 3.05) is 14.1 Å². The van der Waals surface area contributed by atoms with Crippen LogP contribution in [0.1, 0.15) is 26.2 Å². The molecule has 8 heteroatoms. The molecule has 7 nitrogen and oxygen atoms in total. The first-order valence-electron chi connectivity index (χ1n) is 6.96. The third-order valence-electron chi connectivity index (χ3n) is 3.72.